The van der Waals surface area contributed by atoms with Crippen molar-refractivity contribution in [2.45, 2.75) is 46.6 Å². The van der Waals surface area contributed by atoms with Crippen LogP contribution in [0.15, 0.2) is 29.5 Å². The van der Waals surface area contributed by atoms with E-state index in [4.69, 9.17) is 5.73 Å². The number of likely N-dealkylation sites (tertiary alicyclic amines) is 1. The summed E-state index contributed by atoms with van der Waals surface area (Å²) in [5.41, 5.74) is 6.69. The standard InChI is InChI=1S/C24H31F2N5O/c1-15-12-19(17-6-7-18(23(27)32)22(26)21(17)25)29-13-20(15)31(28-5)16-8-10-30(11-9-16)14-24(2,3)4/h6-7,12-13,16H,5,8-11,14H2,1-4H3,(H2,27,32). The van der Waals surface area contributed by atoms with E-state index >= 15 is 0 Å². The van der Waals surface area contributed by atoms with Crippen molar-refractivity contribution >= 4 is 18.3 Å². The number of nitrogens with zero attached hydrogens (tertiary/aromatic N) is 4. The number of hydrogen-bond acceptors (Lipinski definition) is 5. The summed E-state index contributed by atoms with van der Waals surface area (Å²) in [5.74, 6) is -3.44. The lowest BCUT2D eigenvalue weighted by molar-refractivity contribution is 0.0995. The fourth-order valence-corrected chi connectivity index (χ4v) is 4.25. The van der Waals surface area contributed by atoms with Crippen LogP contribution in [-0.4, -0.2) is 48.2 Å². The Hall–Kier alpha value is -2.87. The number of amides is 1. The molecule has 0 unspecified atom stereocenters. The summed E-state index contributed by atoms with van der Waals surface area (Å²) in [6.45, 7) is 15.4. The van der Waals surface area contributed by atoms with E-state index in [1.54, 1.807) is 12.3 Å². The molecule has 1 fully saturated rings. The summed E-state index contributed by atoms with van der Waals surface area (Å²) in [7, 11) is 0. The number of anilines is 1. The van der Waals surface area contributed by atoms with E-state index in [9.17, 15) is 13.6 Å². The molecule has 1 aromatic heterocycles. The number of aromatic nitrogens is 1. The second-order valence-corrected chi connectivity index (χ2v) is 9.56. The minimum absolute atomic E-state index is 0.0317. The molecule has 2 aromatic rings. The van der Waals surface area contributed by atoms with E-state index in [0.717, 1.165) is 43.7 Å². The molecule has 0 saturated carbocycles. The van der Waals surface area contributed by atoms with Crippen LogP contribution < -0.4 is 10.7 Å². The summed E-state index contributed by atoms with van der Waals surface area (Å²) in [6.07, 6.45) is 3.51. The molecule has 2 N–H and O–H groups in total. The van der Waals surface area contributed by atoms with Crippen LogP contribution >= 0.6 is 0 Å². The van der Waals surface area contributed by atoms with Gasteiger partial charge in [0.2, 0.25) is 0 Å². The number of carbonyl (C=O) groups excluding carboxylic acids is 1. The average Bonchev–Trinajstić information content (AvgIpc) is 2.71. The smallest absolute Gasteiger partial charge is 0.251 e. The molecule has 1 saturated heterocycles. The summed E-state index contributed by atoms with van der Waals surface area (Å²) < 4.78 is 28.7. The molecule has 6 nitrogen and oxygen atoms in total. The SMILES string of the molecule is C=NN(c1cnc(-c2ccc(C(N)=O)c(F)c2F)cc1C)C1CCN(CC(C)(C)C)CC1. The quantitative estimate of drug-likeness (QED) is 0.532. The van der Waals surface area contributed by atoms with E-state index in [0.29, 0.717) is 0 Å². The highest BCUT2D eigenvalue weighted by Gasteiger charge is 2.28. The Labute approximate surface area is 188 Å². The molecule has 172 valence electrons. The number of hydrogen-bond donors (Lipinski definition) is 1. The Morgan fingerprint density at radius 2 is 1.94 bits per heavy atom. The molecular formula is C24H31F2N5O. The van der Waals surface area contributed by atoms with Crippen molar-refractivity contribution in [2.75, 3.05) is 24.6 Å². The Kier molecular flexibility index (Phi) is 6.93. The van der Waals surface area contributed by atoms with Crippen molar-refractivity contribution in [2.24, 2.45) is 16.3 Å². The summed E-state index contributed by atoms with van der Waals surface area (Å²) >= 11 is 0. The van der Waals surface area contributed by atoms with Gasteiger partial charge in [-0.25, -0.2) is 8.78 Å². The zero-order valence-electron chi connectivity index (χ0n) is 19.2. The molecule has 1 aliphatic rings. The summed E-state index contributed by atoms with van der Waals surface area (Å²) in [5, 5.41) is 6.13. The van der Waals surface area contributed by atoms with E-state index in [-0.39, 0.29) is 22.7 Å². The highest BCUT2D eigenvalue weighted by atomic mass is 19.2. The molecule has 1 aromatic carbocycles. The number of halogens is 2. The Bertz CT molecular complexity index is 1010. The number of primary amides is 1. The first-order chi connectivity index (χ1) is 15.0. The molecule has 0 spiro atoms. The molecule has 0 aliphatic carbocycles. The van der Waals surface area contributed by atoms with Gasteiger partial charge in [-0.15, -0.1) is 0 Å². The van der Waals surface area contributed by atoms with E-state index in [1.165, 1.54) is 12.1 Å². The maximum atomic E-state index is 14.5. The predicted octanol–water partition coefficient (Wildman–Crippen LogP) is 4.37. The lowest BCUT2D eigenvalue weighted by Gasteiger charge is -2.39. The third-order valence-corrected chi connectivity index (χ3v) is 5.71. The monoisotopic (exact) mass is 443 g/mol. The van der Waals surface area contributed by atoms with Gasteiger partial charge in [-0.3, -0.25) is 14.8 Å². The number of carbonyl (C=O) groups is 1. The van der Waals surface area contributed by atoms with Gasteiger partial charge >= 0.3 is 0 Å². The van der Waals surface area contributed by atoms with Crippen molar-refractivity contribution in [3.8, 4) is 11.3 Å². The van der Waals surface area contributed by atoms with Crippen LogP contribution in [-0.2, 0) is 0 Å². The normalized spacial score (nSPS) is 15.6. The fraction of sp³-hybridized carbons (Fsp3) is 0.458. The van der Waals surface area contributed by atoms with Gasteiger partial charge in [0.1, 0.15) is 0 Å². The molecule has 1 aliphatic heterocycles. The van der Waals surface area contributed by atoms with Crippen molar-refractivity contribution in [3.63, 3.8) is 0 Å². The van der Waals surface area contributed by atoms with Crippen LogP contribution in [0.2, 0.25) is 0 Å². The molecule has 32 heavy (non-hydrogen) atoms. The molecule has 3 rings (SSSR count). The van der Waals surface area contributed by atoms with Crippen LogP contribution in [0.4, 0.5) is 14.5 Å². The van der Waals surface area contributed by atoms with Gasteiger partial charge in [0.25, 0.3) is 5.91 Å². The van der Waals surface area contributed by atoms with Gasteiger partial charge in [-0.05, 0) is 48.9 Å². The van der Waals surface area contributed by atoms with Crippen LogP contribution in [0.1, 0.15) is 49.5 Å². The maximum absolute atomic E-state index is 14.5. The minimum atomic E-state index is -1.27. The number of benzene rings is 1. The Morgan fingerprint density at radius 3 is 2.47 bits per heavy atom. The minimum Gasteiger partial charge on any atom is -0.366 e. The number of aryl methyl sites for hydroxylation is 1. The van der Waals surface area contributed by atoms with Gasteiger partial charge in [0.05, 0.1) is 29.2 Å². The number of nitrogens with two attached hydrogens (primary N) is 1. The number of pyridine rings is 1. The molecule has 0 radical (unpaired) electrons. The van der Waals surface area contributed by atoms with Crippen molar-refractivity contribution in [1.82, 2.24) is 9.88 Å². The van der Waals surface area contributed by atoms with E-state index in [2.05, 4.69) is 42.5 Å². The first-order valence-corrected chi connectivity index (χ1v) is 10.7. The lowest BCUT2D eigenvalue weighted by Crippen LogP contribution is -2.45. The van der Waals surface area contributed by atoms with Crippen molar-refractivity contribution in [3.05, 3.63) is 47.2 Å². The molecular weight excluding hydrogens is 412 g/mol. The molecule has 0 bridgehead atoms. The van der Waals surface area contributed by atoms with Crippen LogP contribution in [0.25, 0.3) is 11.3 Å². The average molecular weight is 444 g/mol. The molecule has 2 heterocycles. The maximum Gasteiger partial charge on any atom is 0.251 e. The topological polar surface area (TPSA) is 74.8 Å². The largest absolute Gasteiger partial charge is 0.366 e. The Morgan fingerprint density at radius 1 is 1.28 bits per heavy atom. The number of piperidine rings is 1. The van der Waals surface area contributed by atoms with Crippen LogP contribution in [0.3, 0.4) is 0 Å². The highest BCUT2D eigenvalue weighted by Crippen LogP contribution is 2.31. The van der Waals surface area contributed by atoms with E-state index in [1.807, 2.05) is 11.9 Å². The highest BCUT2D eigenvalue weighted by molar-refractivity contribution is 5.93. The molecule has 0 atom stereocenters. The first-order valence-electron chi connectivity index (χ1n) is 10.7. The second kappa shape index (κ2) is 9.32. The fourth-order valence-electron chi connectivity index (χ4n) is 4.25. The van der Waals surface area contributed by atoms with Crippen molar-refractivity contribution < 1.29 is 13.6 Å². The Balaban J connectivity index is 1.81. The van der Waals surface area contributed by atoms with Gasteiger partial charge in [0.15, 0.2) is 11.6 Å². The second-order valence-electron chi connectivity index (χ2n) is 9.56. The van der Waals surface area contributed by atoms with Gasteiger partial charge in [-0.1, -0.05) is 20.8 Å². The third kappa shape index (κ3) is 5.12. The van der Waals surface area contributed by atoms with Crippen molar-refractivity contribution in [1.29, 1.82) is 0 Å². The van der Waals surface area contributed by atoms with Crippen LogP contribution in [0, 0.1) is 24.0 Å². The van der Waals surface area contributed by atoms with Crippen LogP contribution in [0.5, 0.6) is 0 Å². The molecule has 8 heteroatoms. The number of rotatable bonds is 6. The molecule has 1 amide bonds. The predicted molar refractivity (Wildman–Crippen MR) is 124 cm³/mol. The van der Waals surface area contributed by atoms with Gasteiger partial charge in [-0.2, -0.15) is 5.10 Å². The van der Waals surface area contributed by atoms with Gasteiger partial charge < -0.3 is 10.6 Å². The number of hydrazone groups is 1. The first kappa shape index (κ1) is 23.8. The third-order valence-electron chi connectivity index (χ3n) is 5.71. The summed E-state index contributed by atoms with van der Waals surface area (Å²) in [4.78, 5) is 18.1. The summed E-state index contributed by atoms with van der Waals surface area (Å²) in [6, 6.07) is 4.36. The zero-order chi connectivity index (χ0) is 23.6. The van der Waals surface area contributed by atoms with E-state index < -0.39 is 23.1 Å². The zero-order valence-corrected chi connectivity index (χ0v) is 19.2. The lowest BCUT2D eigenvalue weighted by atomic mass is 9.94. The van der Waals surface area contributed by atoms with Gasteiger partial charge in [0, 0.05) is 31.9 Å².